The van der Waals surface area contributed by atoms with Crippen LogP contribution in [0.4, 0.5) is 0 Å². The second-order valence-corrected chi connectivity index (χ2v) is 5.75. The molecule has 4 atom stereocenters. The second kappa shape index (κ2) is 5.68. The Hall–Kier alpha value is -2.17. The number of hydrogen-bond donors (Lipinski definition) is 2. The van der Waals surface area contributed by atoms with Crippen molar-refractivity contribution in [1.82, 2.24) is 10.3 Å². The predicted molar refractivity (Wildman–Crippen MR) is 76.1 cm³/mol. The highest BCUT2D eigenvalue weighted by Gasteiger charge is 2.47. The average molecular weight is 286 g/mol. The smallest absolute Gasteiger partial charge is 0.307 e. The molecule has 0 aliphatic heterocycles. The zero-order valence-corrected chi connectivity index (χ0v) is 11.6. The minimum absolute atomic E-state index is 0.0100. The summed E-state index contributed by atoms with van der Waals surface area (Å²) in [6.45, 7) is 0.408. The fourth-order valence-electron chi connectivity index (χ4n) is 3.50. The number of fused-ring (bicyclic) bond motifs is 2. The number of amides is 1. The molecule has 4 rings (SSSR count). The third-order valence-corrected chi connectivity index (χ3v) is 4.55. The summed E-state index contributed by atoms with van der Waals surface area (Å²) in [5.74, 6) is -2.02. The molecule has 0 aromatic carbocycles. The molecule has 3 aliphatic carbocycles. The molecule has 1 aromatic rings. The van der Waals surface area contributed by atoms with E-state index in [1.807, 2.05) is 24.3 Å². The molecule has 21 heavy (non-hydrogen) atoms. The van der Waals surface area contributed by atoms with Crippen LogP contribution in [0.2, 0.25) is 0 Å². The summed E-state index contributed by atoms with van der Waals surface area (Å²) < 4.78 is 0. The first kappa shape index (κ1) is 13.8. The summed E-state index contributed by atoms with van der Waals surface area (Å²) >= 11 is 0. The molecule has 2 bridgehead atoms. The van der Waals surface area contributed by atoms with E-state index in [9.17, 15) is 14.7 Å². The van der Waals surface area contributed by atoms with Crippen molar-refractivity contribution in [3.05, 3.63) is 42.2 Å². The Kier molecular flexibility index (Phi) is 3.73. The van der Waals surface area contributed by atoms with E-state index in [1.165, 1.54) is 0 Å². The molecule has 0 spiro atoms. The Morgan fingerprint density at radius 1 is 1.14 bits per heavy atom. The maximum absolute atomic E-state index is 12.5. The average Bonchev–Trinajstić information content (AvgIpc) is 2.53. The van der Waals surface area contributed by atoms with Gasteiger partial charge in [0.1, 0.15) is 0 Å². The molecule has 2 N–H and O–H groups in total. The summed E-state index contributed by atoms with van der Waals surface area (Å²) in [5, 5.41) is 12.3. The largest absolute Gasteiger partial charge is 0.481 e. The quantitative estimate of drug-likeness (QED) is 0.824. The van der Waals surface area contributed by atoms with Crippen LogP contribution in [0.1, 0.15) is 18.4 Å². The van der Waals surface area contributed by atoms with Crippen LogP contribution in [-0.2, 0) is 16.1 Å². The zero-order chi connectivity index (χ0) is 14.8. The first-order chi connectivity index (χ1) is 10.2. The summed E-state index contributed by atoms with van der Waals surface area (Å²) in [6.07, 6.45) is 9.11. The van der Waals surface area contributed by atoms with Gasteiger partial charge in [0.15, 0.2) is 0 Å². The van der Waals surface area contributed by atoms with E-state index in [0.717, 1.165) is 18.4 Å². The molecular weight excluding hydrogens is 268 g/mol. The molecule has 5 heteroatoms. The highest BCUT2D eigenvalue weighted by atomic mass is 16.4. The molecule has 0 radical (unpaired) electrons. The van der Waals surface area contributed by atoms with Gasteiger partial charge in [0.25, 0.3) is 0 Å². The first-order valence-electron chi connectivity index (χ1n) is 7.24. The van der Waals surface area contributed by atoms with E-state index >= 15 is 0 Å². The lowest BCUT2D eigenvalue weighted by atomic mass is 9.62. The Bertz CT molecular complexity index is 570. The normalized spacial score (nSPS) is 30.1. The van der Waals surface area contributed by atoms with Crippen molar-refractivity contribution in [2.75, 3.05) is 0 Å². The van der Waals surface area contributed by atoms with Crippen LogP contribution in [0.15, 0.2) is 36.7 Å². The molecule has 5 nitrogen and oxygen atoms in total. The number of carboxylic acids is 1. The predicted octanol–water partition coefficient (Wildman–Crippen LogP) is 1.61. The van der Waals surface area contributed by atoms with Crippen molar-refractivity contribution in [3.8, 4) is 0 Å². The number of aliphatic carboxylic acids is 1. The molecule has 0 unspecified atom stereocenters. The molecule has 1 heterocycles. The number of rotatable bonds is 4. The van der Waals surface area contributed by atoms with E-state index in [4.69, 9.17) is 0 Å². The fourth-order valence-corrected chi connectivity index (χ4v) is 3.50. The number of carbonyl (C=O) groups is 2. The lowest BCUT2D eigenvalue weighted by Gasteiger charge is -2.41. The molecule has 1 aromatic heterocycles. The molecule has 3 aliphatic rings. The van der Waals surface area contributed by atoms with Crippen LogP contribution < -0.4 is 5.32 Å². The van der Waals surface area contributed by atoms with Crippen LogP contribution >= 0.6 is 0 Å². The van der Waals surface area contributed by atoms with Crippen LogP contribution in [0.3, 0.4) is 0 Å². The molecular formula is C16H18N2O3. The van der Waals surface area contributed by atoms with E-state index in [1.54, 1.807) is 12.4 Å². The lowest BCUT2D eigenvalue weighted by molar-refractivity contribution is -0.153. The number of aromatic nitrogens is 1. The van der Waals surface area contributed by atoms with E-state index in [0.29, 0.717) is 6.54 Å². The minimum Gasteiger partial charge on any atom is -0.481 e. The van der Waals surface area contributed by atoms with Gasteiger partial charge in [-0.15, -0.1) is 0 Å². The Labute approximate surface area is 123 Å². The van der Waals surface area contributed by atoms with Gasteiger partial charge in [0.2, 0.25) is 5.91 Å². The number of nitrogens with one attached hydrogen (secondary N) is 1. The molecule has 0 saturated heterocycles. The van der Waals surface area contributed by atoms with Gasteiger partial charge in [-0.2, -0.15) is 0 Å². The van der Waals surface area contributed by atoms with Crippen molar-refractivity contribution < 1.29 is 14.7 Å². The van der Waals surface area contributed by atoms with Crippen molar-refractivity contribution in [2.45, 2.75) is 19.4 Å². The number of hydrogen-bond acceptors (Lipinski definition) is 3. The van der Waals surface area contributed by atoms with E-state index in [-0.39, 0.29) is 17.7 Å². The Morgan fingerprint density at radius 3 is 2.33 bits per heavy atom. The van der Waals surface area contributed by atoms with Crippen LogP contribution in [0, 0.1) is 23.7 Å². The Balaban J connectivity index is 1.71. The van der Waals surface area contributed by atoms with Crippen molar-refractivity contribution in [3.63, 3.8) is 0 Å². The number of nitrogens with zero attached hydrogens (tertiary/aromatic N) is 1. The van der Waals surface area contributed by atoms with Gasteiger partial charge >= 0.3 is 5.97 Å². The third-order valence-electron chi connectivity index (χ3n) is 4.55. The number of pyridine rings is 1. The molecule has 110 valence electrons. The maximum atomic E-state index is 12.5. The van der Waals surface area contributed by atoms with E-state index < -0.39 is 17.8 Å². The van der Waals surface area contributed by atoms with Gasteiger partial charge in [-0.05, 0) is 42.4 Å². The third kappa shape index (κ3) is 2.68. The van der Waals surface area contributed by atoms with E-state index in [2.05, 4.69) is 10.3 Å². The van der Waals surface area contributed by atoms with Gasteiger partial charge < -0.3 is 10.4 Å². The molecule has 1 amide bonds. The van der Waals surface area contributed by atoms with Gasteiger partial charge in [0, 0.05) is 18.9 Å². The summed E-state index contributed by atoms with van der Waals surface area (Å²) in [5.41, 5.74) is 0.960. The van der Waals surface area contributed by atoms with Gasteiger partial charge in [-0.3, -0.25) is 14.6 Å². The lowest BCUT2D eigenvalue weighted by Crippen LogP contribution is -2.48. The van der Waals surface area contributed by atoms with Crippen molar-refractivity contribution in [2.24, 2.45) is 23.7 Å². The number of allylic oxidation sites excluding steroid dienone is 2. The summed E-state index contributed by atoms with van der Waals surface area (Å²) in [6, 6.07) is 3.67. The van der Waals surface area contributed by atoms with Crippen LogP contribution in [0.5, 0.6) is 0 Å². The topological polar surface area (TPSA) is 79.3 Å². The summed E-state index contributed by atoms with van der Waals surface area (Å²) in [7, 11) is 0. The molecule has 1 fully saturated rings. The SMILES string of the molecule is O=C(O)[C@@H]1[C@H](C(=O)NCc2ccncc2)[C@@H]2C=C[C@H]1CC2. The van der Waals surface area contributed by atoms with Gasteiger partial charge in [-0.25, -0.2) is 0 Å². The van der Waals surface area contributed by atoms with Crippen molar-refractivity contribution >= 4 is 11.9 Å². The summed E-state index contributed by atoms with van der Waals surface area (Å²) in [4.78, 5) is 27.9. The molecule has 1 saturated carbocycles. The highest BCUT2D eigenvalue weighted by Crippen LogP contribution is 2.45. The second-order valence-electron chi connectivity index (χ2n) is 5.75. The van der Waals surface area contributed by atoms with Gasteiger partial charge in [0.05, 0.1) is 11.8 Å². The number of carboxylic acid groups (broad SMARTS) is 1. The van der Waals surface area contributed by atoms with Crippen molar-refractivity contribution in [1.29, 1.82) is 0 Å². The first-order valence-corrected chi connectivity index (χ1v) is 7.24. The number of carbonyl (C=O) groups excluding carboxylic acids is 1. The highest BCUT2D eigenvalue weighted by molar-refractivity contribution is 5.86. The monoisotopic (exact) mass is 286 g/mol. The van der Waals surface area contributed by atoms with Crippen LogP contribution in [0.25, 0.3) is 0 Å². The fraction of sp³-hybridized carbons (Fsp3) is 0.438. The zero-order valence-electron chi connectivity index (χ0n) is 11.6. The standard InChI is InChI=1S/C16H18N2O3/c19-15(18-9-10-5-7-17-8-6-10)13-11-1-3-12(4-2-11)14(13)16(20)21/h1,3,5-8,11-14H,2,4,9H2,(H,18,19)(H,20,21)/t11-,12+,13-,14+/m1/s1. The van der Waals surface area contributed by atoms with Gasteiger partial charge in [-0.1, -0.05) is 12.2 Å². The van der Waals surface area contributed by atoms with Crippen LogP contribution in [-0.4, -0.2) is 22.0 Å². The maximum Gasteiger partial charge on any atom is 0.307 e. The Morgan fingerprint density at radius 2 is 1.76 bits per heavy atom. The minimum atomic E-state index is -0.863.